The molecule has 3 rings (SSSR count). The Hall–Kier alpha value is 0.390. The Kier molecular flexibility index (Phi) is 4.24. The van der Waals surface area contributed by atoms with Crippen LogP contribution in [-0.2, 0) is 9.53 Å². The fourth-order valence-electron chi connectivity index (χ4n) is 3.73. The van der Waals surface area contributed by atoms with Crippen LogP contribution in [0, 0.1) is 11.3 Å². The zero-order chi connectivity index (χ0) is 14.4. The Bertz CT molecular complexity index is 399. The molecule has 0 bridgehead atoms. The van der Waals surface area contributed by atoms with E-state index in [9.17, 15) is 4.79 Å². The van der Waals surface area contributed by atoms with Crippen LogP contribution >= 0.6 is 31.9 Å². The Morgan fingerprint density at radius 3 is 2.65 bits per heavy atom. The molecule has 3 aliphatic rings. The maximum absolute atomic E-state index is 12.2. The maximum Gasteiger partial charge on any atom is 0.314 e. The van der Waals surface area contributed by atoms with Crippen LogP contribution in [0.1, 0.15) is 45.4 Å². The van der Waals surface area contributed by atoms with Gasteiger partial charge in [0.15, 0.2) is 0 Å². The summed E-state index contributed by atoms with van der Waals surface area (Å²) >= 11 is 7.08. The van der Waals surface area contributed by atoms with Gasteiger partial charge in [0.25, 0.3) is 0 Å². The molecule has 20 heavy (non-hydrogen) atoms. The molecule has 0 aromatic carbocycles. The Balaban J connectivity index is 1.54. The van der Waals surface area contributed by atoms with Gasteiger partial charge < -0.3 is 4.74 Å². The second-order valence-electron chi connectivity index (χ2n) is 6.81. The molecule has 0 radical (unpaired) electrons. The van der Waals surface area contributed by atoms with Crippen molar-refractivity contribution in [1.29, 1.82) is 0 Å². The van der Waals surface area contributed by atoms with Crippen molar-refractivity contribution in [2.75, 3.05) is 19.7 Å². The van der Waals surface area contributed by atoms with Crippen molar-refractivity contribution in [2.45, 2.75) is 54.7 Å². The van der Waals surface area contributed by atoms with Gasteiger partial charge in [0.1, 0.15) is 0 Å². The standard InChI is InChI=1S/C15H23Br2NO2/c1-14(10-15(14,16)17)13(19)20-9-11-5-4-8-18-7-3-2-6-12(11)18/h11-12H,2-10H2,1H3/t11-,12+,14+/m0/s1. The van der Waals surface area contributed by atoms with Gasteiger partial charge in [0, 0.05) is 12.0 Å². The lowest BCUT2D eigenvalue weighted by molar-refractivity contribution is -0.152. The van der Waals surface area contributed by atoms with E-state index < -0.39 is 5.41 Å². The van der Waals surface area contributed by atoms with Gasteiger partial charge in [-0.25, -0.2) is 0 Å². The van der Waals surface area contributed by atoms with E-state index in [1.807, 2.05) is 6.92 Å². The number of nitrogens with zero attached hydrogens (tertiary/aromatic N) is 1. The van der Waals surface area contributed by atoms with Gasteiger partial charge in [-0.15, -0.1) is 0 Å². The minimum absolute atomic E-state index is 0.0563. The number of hydrogen-bond acceptors (Lipinski definition) is 3. The van der Waals surface area contributed by atoms with Crippen molar-refractivity contribution in [3.63, 3.8) is 0 Å². The molecule has 0 amide bonds. The lowest BCUT2D eigenvalue weighted by Gasteiger charge is -2.44. The van der Waals surface area contributed by atoms with Crippen molar-refractivity contribution in [2.24, 2.45) is 11.3 Å². The molecular weight excluding hydrogens is 386 g/mol. The zero-order valence-corrected chi connectivity index (χ0v) is 15.2. The Morgan fingerprint density at radius 1 is 1.25 bits per heavy atom. The summed E-state index contributed by atoms with van der Waals surface area (Å²) in [6.07, 6.45) is 7.20. The average molecular weight is 409 g/mol. The summed E-state index contributed by atoms with van der Waals surface area (Å²) in [7, 11) is 0. The number of esters is 1. The predicted molar refractivity (Wildman–Crippen MR) is 86.2 cm³/mol. The zero-order valence-electron chi connectivity index (χ0n) is 12.0. The molecule has 0 N–H and O–H groups in total. The third-order valence-corrected chi connectivity index (χ3v) is 7.68. The third-order valence-electron chi connectivity index (χ3n) is 5.37. The lowest BCUT2D eigenvalue weighted by atomic mass is 9.84. The fraction of sp³-hybridized carbons (Fsp3) is 0.933. The molecule has 0 aromatic rings. The monoisotopic (exact) mass is 407 g/mol. The topological polar surface area (TPSA) is 29.5 Å². The number of alkyl halides is 2. The molecule has 0 unspecified atom stereocenters. The molecule has 2 saturated heterocycles. The molecular formula is C15H23Br2NO2. The van der Waals surface area contributed by atoms with Crippen LogP contribution in [0.5, 0.6) is 0 Å². The number of fused-ring (bicyclic) bond motifs is 1. The lowest BCUT2D eigenvalue weighted by Crippen LogP contribution is -2.49. The first-order valence-electron chi connectivity index (χ1n) is 7.73. The van der Waals surface area contributed by atoms with Gasteiger partial charge in [0.05, 0.1) is 15.3 Å². The van der Waals surface area contributed by atoms with Crippen molar-refractivity contribution < 1.29 is 9.53 Å². The van der Waals surface area contributed by atoms with Gasteiger partial charge >= 0.3 is 5.97 Å². The highest BCUT2D eigenvalue weighted by molar-refractivity contribution is 9.25. The highest BCUT2D eigenvalue weighted by Gasteiger charge is 2.67. The molecule has 3 atom stereocenters. The van der Waals surface area contributed by atoms with Crippen LogP contribution in [-0.4, -0.2) is 39.8 Å². The molecule has 2 aliphatic heterocycles. The van der Waals surface area contributed by atoms with Crippen LogP contribution in [0.2, 0.25) is 0 Å². The second kappa shape index (κ2) is 5.54. The molecule has 5 heteroatoms. The molecule has 0 spiro atoms. The van der Waals surface area contributed by atoms with E-state index in [0.29, 0.717) is 18.6 Å². The number of carbonyl (C=O) groups excluding carboxylic acids is 1. The minimum atomic E-state index is -0.395. The third kappa shape index (κ3) is 2.70. The smallest absolute Gasteiger partial charge is 0.314 e. The molecule has 1 aliphatic carbocycles. The first-order valence-corrected chi connectivity index (χ1v) is 9.32. The summed E-state index contributed by atoms with van der Waals surface area (Å²) in [5, 5.41) is 0. The summed E-state index contributed by atoms with van der Waals surface area (Å²) in [6.45, 7) is 5.04. The van der Waals surface area contributed by atoms with E-state index in [1.54, 1.807) is 0 Å². The van der Waals surface area contributed by atoms with E-state index in [0.717, 1.165) is 6.42 Å². The normalized spacial score (nSPS) is 40.0. The van der Waals surface area contributed by atoms with E-state index in [-0.39, 0.29) is 9.20 Å². The quantitative estimate of drug-likeness (QED) is 0.526. The Labute approximate surface area is 138 Å². The predicted octanol–water partition coefficient (Wildman–Crippen LogP) is 3.69. The maximum atomic E-state index is 12.2. The SMILES string of the molecule is C[C@]1(C(=O)OC[C@@H]2CCCN3CCCC[C@H]23)CC1(Br)Br. The Morgan fingerprint density at radius 2 is 1.95 bits per heavy atom. The first-order chi connectivity index (χ1) is 9.44. The molecule has 3 nitrogen and oxygen atoms in total. The summed E-state index contributed by atoms with van der Waals surface area (Å²) < 4.78 is 5.42. The number of carbonyl (C=O) groups is 1. The number of rotatable bonds is 3. The van der Waals surface area contributed by atoms with E-state index in [4.69, 9.17) is 4.74 Å². The van der Waals surface area contributed by atoms with Gasteiger partial charge in [-0.1, -0.05) is 38.3 Å². The van der Waals surface area contributed by atoms with Crippen molar-refractivity contribution in [1.82, 2.24) is 4.90 Å². The summed E-state index contributed by atoms with van der Waals surface area (Å²) in [5.74, 6) is 0.481. The highest BCUT2D eigenvalue weighted by atomic mass is 79.9. The molecule has 1 saturated carbocycles. The molecule has 0 aromatic heterocycles. The van der Waals surface area contributed by atoms with E-state index in [2.05, 4.69) is 36.8 Å². The summed E-state index contributed by atoms with van der Waals surface area (Å²) in [4.78, 5) is 14.9. The molecule has 2 heterocycles. The van der Waals surface area contributed by atoms with Crippen LogP contribution in [0.3, 0.4) is 0 Å². The van der Waals surface area contributed by atoms with Gasteiger partial charge in [0.2, 0.25) is 0 Å². The fourth-order valence-corrected chi connectivity index (χ4v) is 5.18. The van der Waals surface area contributed by atoms with Gasteiger partial charge in [-0.05, 0) is 52.1 Å². The second-order valence-corrected chi connectivity index (χ2v) is 10.6. The highest BCUT2D eigenvalue weighted by Crippen LogP contribution is 2.66. The van der Waals surface area contributed by atoms with Gasteiger partial charge in [-0.3, -0.25) is 9.69 Å². The van der Waals surface area contributed by atoms with E-state index >= 15 is 0 Å². The van der Waals surface area contributed by atoms with Crippen LogP contribution in [0.25, 0.3) is 0 Å². The number of ether oxygens (including phenoxy) is 1. The van der Waals surface area contributed by atoms with Crippen molar-refractivity contribution in [3.8, 4) is 0 Å². The largest absolute Gasteiger partial charge is 0.465 e. The molecule has 3 fully saturated rings. The first kappa shape index (κ1) is 15.3. The van der Waals surface area contributed by atoms with Crippen LogP contribution in [0.4, 0.5) is 0 Å². The minimum Gasteiger partial charge on any atom is -0.465 e. The van der Waals surface area contributed by atoms with Crippen LogP contribution < -0.4 is 0 Å². The number of halogens is 2. The average Bonchev–Trinajstić information content (AvgIpc) is 2.96. The van der Waals surface area contributed by atoms with Crippen molar-refractivity contribution in [3.05, 3.63) is 0 Å². The van der Waals surface area contributed by atoms with Crippen molar-refractivity contribution >= 4 is 37.8 Å². The summed E-state index contributed by atoms with van der Waals surface area (Å²) in [5.41, 5.74) is -0.395. The van der Waals surface area contributed by atoms with Crippen LogP contribution in [0.15, 0.2) is 0 Å². The van der Waals surface area contributed by atoms with E-state index in [1.165, 1.54) is 45.2 Å². The number of piperidine rings is 2. The summed E-state index contributed by atoms with van der Waals surface area (Å²) in [6, 6.07) is 0.648. The number of hydrogen-bond donors (Lipinski definition) is 0. The molecule has 114 valence electrons. The van der Waals surface area contributed by atoms with Gasteiger partial charge in [-0.2, -0.15) is 0 Å².